The summed E-state index contributed by atoms with van der Waals surface area (Å²) in [4.78, 5) is 3.99. The van der Waals surface area contributed by atoms with E-state index >= 15 is 0 Å². The van der Waals surface area contributed by atoms with Crippen molar-refractivity contribution in [1.29, 1.82) is 0 Å². The molecular formula is C12H18ClNO. The summed E-state index contributed by atoms with van der Waals surface area (Å²) in [6.07, 6.45) is 6.61. The molecule has 0 atom stereocenters. The van der Waals surface area contributed by atoms with E-state index in [4.69, 9.17) is 16.3 Å². The van der Waals surface area contributed by atoms with Crippen LogP contribution in [0.2, 0.25) is 5.15 Å². The van der Waals surface area contributed by atoms with Crippen LogP contribution in [0.5, 0.6) is 0 Å². The topological polar surface area (TPSA) is 22.1 Å². The van der Waals surface area contributed by atoms with Gasteiger partial charge in [-0.15, -0.1) is 0 Å². The van der Waals surface area contributed by atoms with Gasteiger partial charge in [-0.25, -0.2) is 4.98 Å². The Balaban J connectivity index is 2.12. The predicted molar refractivity (Wildman–Crippen MR) is 63.0 cm³/mol. The fourth-order valence-corrected chi connectivity index (χ4v) is 1.51. The molecule has 84 valence electrons. The van der Waals surface area contributed by atoms with Crippen molar-refractivity contribution in [3.8, 4) is 0 Å². The van der Waals surface area contributed by atoms with Gasteiger partial charge < -0.3 is 4.74 Å². The van der Waals surface area contributed by atoms with Crippen molar-refractivity contribution in [3.05, 3.63) is 29.0 Å². The molecule has 3 heteroatoms. The van der Waals surface area contributed by atoms with Crippen LogP contribution in [-0.4, -0.2) is 11.6 Å². The minimum atomic E-state index is 0.547. The van der Waals surface area contributed by atoms with Crippen LogP contribution < -0.4 is 0 Å². The van der Waals surface area contributed by atoms with Gasteiger partial charge in [-0.3, -0.25) is 0 Å². The summed E-state index contributed by atoms with van der Waals surface area (Å²) in [5.41, 5.74) is 0.967. The molecule has 0 unspecified atom stereocenters. The summed E-state index contributed by atoms with van der Waals surface area (Å²) in [6, 6.07) is 3.82. The van der Waals surface area contributed by atoms with E-state index in [0.29, 0.717) is 11.8 Å². The fourth-order valence-electron chi connectivity index (χ4n) is 1.34. The Hall–Kier alpha value is -0.600. The average Bonchev–Trinajstić information content (AvgIpc) is 2.25. The minimum Gasteiger partial charge on any atom is -0.377 e. The lowest BCUT2D eigenvalue weighted by atomic mass is 10.2. The number of hydrogen-bond acceptors (Lipinski definition) is 2. The Morgan fingerprint density at radius 2 is 2.20 bits per heavy atom. The summed E-state index contributed by atoms with van der Waals surface area (Å²) < 4.78 is 5.52. The Bertz CT molecular complexity index is 278. The van der Waals surface area contributed by atoms with Crippen LogP contribution in [0.4, 0.5) is 0 Å². The van der Waals surface area contributed by atoms with Gasteiger partial charge in [-0.2, -0.15) is 0 Å². The second-order valence-electron chi connectivity index (χ2n) is 3.57. The molecule has 1 aromatic rings. The molecule has 0 amide bonds. The maximum absolute atomic E-state index is 5.90. The van der Waals surface area contributed by atoms with Gasteiger partial charge in [0.2, 0.25) is 0 Å². The lowest BCUT2D eigenvalue weighted by Gasteiger charge is -2.04. The predicted octanol–water partition coefficient (Wildman–Crippen LogP) is 3.83. The van der Waals surface area contributed by atoms with Crippen molar-refractivity contribution in [3.63, 3.8) is 0 Å². The van der Waals surface area contributed by atoms with E-state index in [1.807, 2.05) is 12.1 Å². The standard InChI is InChI=1S/C12H18ClNO/c1-2-3-4-5-9-15-10-11-7-6-8-14-12(11)13/h6-8H,2-5,9-10H2,1H3. The Morgan fingerprint density at radius 3 is 2.93 bits per heavy atom. The van der Waals surface area contributed by atoms with Gasteiger partial charge in [0.05, 0.1) is 6.61 Å². The molecule has 0 spiro atoms. The van der Waals surface area contributed by atoms with Crippen LogP contribution in [0.15, 0.2) is 18.3 Å². The molecule has 2 nitrogen and oxygen atoms in total. The van der Waals surface area contributed by atoms with Crippen molar-refractivity contribution in [2.45, 2.75) is 39.2 Å². The smallest absolute Gasteiger partial charge is 0.134 e. The minimum absolute atomic E-state index is 0.547. The summed E-state index contributed by atoms with van der Waals surface area (Å²) in [5, 5.41) is 0.547. The lowest BCUT2D eigenvalue weighted by molar-refractivity contribution is 0.116. The Morgan fingerprint density at radius 1 is 1.33 bits per heavy atom. The van der Waals surface area contributed by atoms with E-state index in [0.717, 1.165) is 18.6 Å². The molecule has 0 aliphatic heterocycles. The van der Waals surface area contributed by atoms with E-state index < -0.39 is 0 Å². The first-order valence-electron chi connectivity index (χ1n) is 5.51. The van der Waals surface area contributed by atoms with Gasteiger partial charge >= 0.3 is 0 Å². The van der Waals surface area contributed by atoms with Crippen LogP contribution in [0.3, 0.4) is 0 Å². The lowest BCUT2D eigenvalue weighted by Crippen LogP contribution is -1.97. The van der Waals surface area contributed by atoms with Crippen molar-refractivity contribution in [2.75, 3.05) is 6.61 Å². The second kappa shape index (κ2) is 7.66. The molecule has 0 aliphatic carbocycles. The molecule has 0 N–H and O–H groups in total. The fraction of sp³-hybridized carbons (Fsp3) is 0.583. The van der Waals surface area contributed by atoms with Gasteiger partial charge in [0.15, 0.2) is 0 Å². The van der Waals surface area contributed by atoms with E-state index in [1.165, 1.54) is 19.3 Å². The van der Waals surface area contributed by atoms with E-state index in [9.17, 15) is 0 Å². The molecule has 0 saturated heterocycles. The van der Waals surface area contributed by atoms with Crippen LogP contribution in [0.1, 0.15) is 38.2 Å². The highest BCUT2D eigenvalue weighted by Gasteiger charge is 1.99. The van der Waals surface area contributed by atoms with E-state index in [2.05, 4.69) is 11.9 Å². The third-order valence-electron chi connectivity index (χ3n) is 2.24. The molecule has 15 heavy (non-hydrogen) atoms. The number of rotatable bonds is 7. The summed E-state index contributed by atoms with van der Waals surface area (Å²) in [6.45, 7) is 3.58. The summed E-state index contributed by atoms with van der Waals surface area (Å²) >= 11 is 5.90. The zero-order chi connectivity index (χ0) is 10.9. The number of unbranched alkanes of at least 4 members (excludes halogenated alkanes) is 3. The largest absolute Gasteiger partial charge is 0.377 e. The van der Waals surface area contributed by atoms with Gasteiger partial charge in [-0.05, 0) is 12.5 Å². The molecule has 0 aromatic carbocycles. The maximum Gasteiger partial charge on any atom is 0.134 e. The maximum atomic E-state index is 5.90. The highest BCUT2D eigenvalue weighted by Crippen LogP contribution is 2.12. The van der Waals surface area contributed by atoms with Crippen LogP contribution >= 0.6 is 11.6 Å². The quantitative estimate of drug-likeness (QED) is 0.522. The average molecular weight is 228 g/mol. The number of ether oxygens (including phenoxy) is 1. The zero-order valence-electron chi connectivity index (χ0n) is 9.21. The van der Waals surface area contributed by atoms with Gasteiger partial charge in [0.1, 0.15) is 5.15 Å². The molecular weight excluding hydrogens is 210 g/mol. The molecule has 1 heterocycles. The molecule has 0 aliphatic rings. The highest BCUT2D eigenvalue weighted by molar-refractivity contribution is 6.30. The number of pyridine rings is 1. The number of halogens is 1. The Labute approximate surface area is 96.6 Å². The van der Waals surface area contributed by atoms with Gasteiger partial charge in [-0.1, -0.05) is 43.9 Å². The zero-order valence-corrected chi connectivity index (χ0v) is 9.96. The summed E-state index contributed by atoms with van der Waals surface area (Å²) in [5.74, 6) is 0. The summed E-state index contributed by atoms with van der Waals surface area (Å²) in [7, 11) is 0. The monoisotopic (exact) mass is 227 g/mol. The molecule has 1 aromatic heterocycles. The molecule has 0 saturated carbocycles. The van der Waals surface area contributed by atoms with Crippen molar-refractivity contribution < 1.29 is 4.74 Å². The van der Waals surface area contributed by atoms with Crippen molar-refractivity contribution in [2.24, 2.45) is 0 Å². The van der Waals surface area contributed by atoms with Gasteiger partial charge in [0.25, 0.3) is 0 Å². The molecule has 0 fully saturated rings. The third kappa shape index (κ3) is 5.14. The normalized spacial score (nSPS) is 10.5. The first-order valence-corrected chi connectivity index (χ1v) is 5.89. The molecule has 1 rings (SSSR count). The second-order valence-corrected chi connectivity index (χ2v) is 3.92. The first-order chi connectivity index (χ1) is 7.34. The Kier molecular flexibility index (Phi) is 6.37. The van der Waals surface area contributed by atoms with E-state index in [1.54, 1.807) is 6.20 Å². The van der Waals surface area contributed by atoms with Crippen LogP contribution in [0.25, 0.3) is 0 Å². The van der Waals surface area contributed by atoms with Gasteiger partial charge in [0, 0.05) is 18.4 Å². The number of hydrogen-bond donors (Lipinski definition) is 0. The molecule has 0 radical (unpaired) electrons. The highest BCUT2D eigenvalue weighted by atomic mass is 35.5. The number of nitrogens with zero attached hydrogens (tertiary/aromatic N) is 1. The van der Waals surface area contributed by atoms with Crippen molar-refractivity contribution in [1.82, 2.24) is 4.98 Å². The van der Waals surface area contributed by atoms with E-state index in [-0.39, 0.29) is 0 Å². The third-order valence-corrected chi connectivity index (χ3v) is 2.58. The number of aromatic nitrogens is 1. The van der Waals surface area contributed by atoms with Crippen LogP contribution in [0, 0.1) is 0 Å². The molecule has 0 bridgehead atoms. The first kappa shape index (κ1) is 12.5. The van der Waals surface area contributed by atoms with Crippen LogP contribution in [-0.2, 0) is 11.3 Å². The van der Waals surface area contributed by atoms with Crippen molar-refractivity contribution >= 4 is 11.6 Å². The SMILES string of the molecule is CCCCCCOCc1cccnc1Cl.